The third-order valence-corrected chi connectivity index (χ3v) is 1.76. The smallest absolute Gasteiger partial charge is 0.0932 e. The van der Waals surface area contributed by atoms with Gasteiger partial charge in [-0.3, -0.25) is 0 Å². The molecule has 1 aromatic carbocycles. The highest BCUT2D eigenvalue weighted by atomic mass is 35.5. The summed E-state index contributed by atoms with van der Waals surface area (Å²) in [6.45, 7) is 0. The number of hydrogen-bond donors (Lipinski definition) is 1. The lowest BCUT2D eigenvalue weighted by molar-refractivity contribution is 0.947. The van der Waals surface area contributed by atoms with Crippen LogP contribution in [0.4, 0.5) is 0 Å². The van der Waals surface area contributed by atoms with E-state index in [1.807, 2.05) is 18.2 Å². The maximum Gasteiger partial charge on any atom is 0.0932 e. The maximum absolute atomic E-state index is 5.82. The van der Waals surface area contributed by atoms with Crippen LogP contribution in [0.3, 0.4) is 0 Å². The average Bonchev–Trinajstić information content (AvgIpc) is 2.04. The summed E-state index contributed by atoms with van der Waals surface area (Å²) in [6, 6.07) is 6.90. The Morgan fingerprint density at radius 2 is 2.09 bits per heavy atom. The van der Waals surface area contributed by atoms with Crippen LogP contribution >= 0.6 is 11.6 Å². The molecule has 0 saturated heterocycles. The van der Waals surface area contributed by atoms with Crippen molar-refractivity contribution in [1.82, 2.24) is 0 Å². The Morgan fingerprint density at radius 1 is 1.45 bits per heavy atom. The van der Waals surface area contributed by atoms with Gasteiger partial charge in [0, 0.05) is 5.02 Å². The first-order valence-electron chi connectivity index (χ1n) is 3.22. The van der Waals surface area contributed by atoms with Gasteiger partial charge in [-0.25, -0.2) is 0 Å². The number of halogens is 1. The van der Waals surface area contributed by atoms with E-state index in [0.29, 0.717) is 5.02 Å². The van der Waals surface area contributed by atoms with Crippen molar-refractivity contribution in [1.29, 1.82) is 0 Å². The van der Waals surface area contributed by atoms with E-state index in [9.17, 15) is 0 Å². The molecule has 0 aliphatic rings. The number of nitrogens with two attached hydrogens (primary N) is 1. The van der Waals surface area contributed by atoms with Gasteiger partial charge in [0.25, 0.3) is 0 Å². The van der Waals surface area contributed by atoms with Crippen LogP contribution in [0, 0.1) is 12.3 Å². The molecule has 56 valence electrons. The van der Waals surface area contributed by atoms with Crippen molar-refractivity contribution in [3.63, 3.8) is 0 Å². The number of benzene rings is 1. The van der Waals surface area contributed by atoms with Crippen molar-refractivity contribution < 1.29 is 0 Å². The summed E-state index contributed by atoms with van der Waals surface area (Å²) in [5, 5.41) is 0.623. The Kier molecular flexibility index (Phi) is 2.53. The molecule has 0 aliphatic carbocycles. The molecule has 0 bridgehead atoms. The van der Waals surface area contributed by atoms with E-state index in [1.165, 1.54) is 0 Å². The molecular formula is C9H8ClN. The van der Waals surface area contributed by atoms with Gasteiger partial charge in [-0.2, -0.15) is 0 Å². The van der Waals surface area contributed by atoms with Crippen LogP contribution in [-0.4, -0.2) is 0 Å². The van der Waals surface area contributed by atoms with Crippen molar-refractivity contribution in [3.05, 3.63) is 34.9 Å². The summed E-state index contributed by atoms with van der Waals surface area (Å²) in [5.74, 6) is 2.42. The van der Waals surface area contributed by atoms with Gasteiger partial charge >= 0.3 is 0 Å². The predicted molar refractivity (Wildman–Crippen MR) is 47.2 cm³/mol. The standard InChI is InChI=1S/C9H8ClN/c1-2-9(11)7-5-3-4-6-8(7)10/h1,3-6,9H,11H2/t9-/m0/s1. The molecule has 0 unspecified atom stereocenters. The minimum Gasteiger partial charge on any atom is -0.314 e. The van der Waals surface area contributed by atoms with E-state index in [4.69, 9.17) is 23.8 Å². The second kappa shape index (κ2) is 3.43. The molecule has 0 aromatic heterocycles. The van der Waals surface area contributed by atoms with Crippen molar-refractivity contribution in [2.24, 2.45) is 5.73 Å². The van der Waals surface area contributed by atoms with Crippen molar-refractivity contribution in [2.75, 3.05) is 0 Å². The molecule has 2 heteroatoms. The maximum atomic E-state index is 5.82. The molecule has 0 heterocycles. The summed E-state index contributed by atoms with van der Waals surface area (Å²) < 4.78 is 0. The highest BCUT2D eigenvalue weighted by Gasteiger charge is 2.04. The Bertz CT molecular complexity index is 288. The van der Waals surface area contributed by atoms with Gasteiger partial charge < -0.3 is 5.73 Å². The quantitative estimate of drug-likeness (QED) is 0.633. The summed E-state index contributed by atoms with van der Waals surface area (Å²) in [7, 11) is 0. The van der Waals surface area contributed by atoms with E-state index >= 15 is 0 Å². The van der Waals surface area contributed by atoms with Crippen LogP contribution < -0.4 is 5.73 Å². The van der Waals surface area contributed by atoms with Gasteiger partial charge in [0.15, 0.2) is 0 Å². The molecule has 0 amide bonds. The summed E-state index contributed by atoms with van der Waals surface area (Å²) in [5.41, 5.74) is 6.38. The lowest BCUT2D eigenvalue weighted by Crippen LogP contribution is -2.07. The molecule has 0 spiro atoms. The Hall–Kier alpha value is -0.970. The van der Waals surface area contributed by atoms with E-state index in [1.54, 1.807) is 6.07 Å². The van der Waals surface area contributed by atoms with Crippen molar-refractivity contribution in [3.8, 4) is 12.3 Å². The molecule has 0 fully saturated rings. The SMILES string of the molecule is C#C[C@H](N)c1ccccc1Cl. The second-order valence-electron chi connectivity index (χ2n) is 2.17. The number of rotatable bonds is 1. The molecule has 1 rings (SSSR count). The van der Waals surface area contributed by atoms with Gasteiger partial charge in [0.05, 0.1) is 6.04 Å². The van der Waals surface area contributed by atoms with Gasteiger partial charge in [0.1, 0.15) is 0 Å². The fraction of sp³-hybridized carbons (Fsp3) is 0.111. The minimum atomic E-state index is -0.399. The Morgan fingerprint density at radius 3 is 2.64 bits per heavy atom. The number of hydrogen-bond acceptors (Lipinski definition) is 1. The fourth-order valence-electron chi connectivity index (χ4n) is 0.817. The lowest BCUT2D eigenvalue weighted by Gasteiger charge is -2.05. The van der Waals surface area contributed by atoms with Crippen LogP contribution in [0.1, 0.15) is 11.6 Å². The van der Waals surface area contributed by atoms with E-state index in [-0.39, 0.29) is 0 Å². The predicted octanol–water partition coefficient (Wildman–Crippen LogP) is 1.97. The van der Waals surface area contributed by atoms with Gasteiger partial charge in [0.2, 0.25) is 0 Å². The number of terminal acetylenes is 1. The average molecular weight is 166 g/mol. The first kappa shape index (κ1) is 8.13. The monoisotopic (exact) mass is 165 g/mol. The van der Waals surface area contributed by atoms with Crippen LogP contribution in [0.15, 0.2) is 24.3 Å². The van der Waals surface area contributed by atoms with E-state index < -0.39 is 6.04 Å². The van der Waals surface area contributed by atoms with Crippen LogP contribution in [-0.2, 0) is 0 Å². The van der Waals surface area contributed by atoms with Gasteiger partial charge in [-0.1, -0.05) is 35.7 Å². The van der Waals surface area contributed by atoms with Crippen LogP contribution in [0.25, 0.3) is 0 Å². The summed E-state index contributed by atoms with van der Waals surface area (Å²) in [4.78, 5) is 0. The highest BCUT2D eigenvalue weighted by Crippen LogP contribution is 2.19. The zero-order valence-corrected chi connectivity index (χ0v) is 6.68. The molecular weight excluding hydrogens is 158 g/mol. The van der Waals surface area contributed by atoms with Crippen molar-refractivity contribution >= 4 is 11.6 Å². The largest absolute Gasteiger partial charge is 0.314 e. The van der Waals surface area contributed by atoms with E-state index in [0.717, 1.165) is 5.56 Å². The third kappa shape index (κ3) is 1.74. The normalized spacial score (nSPS) is 12.1. The Labute approximate surface area is 71.2 Å². The summed E-state index contributed by atoms with van der Waals surface area (Å²) >= 11 is 5.82. The lowest BCUT2D eigenvalue weighted by atomic mass is 10.1. The topological polar surface area (TPSA) is 26.0 Å². The molecule has 11 heavy (non-hydrogen) atoms. The fourth-order valence-corrected chi connectivity index (χ4v) is 1.07. The van der Waals surface area contributed by atoms with Crippen LogP contribution in [0.5, 0.6) is 0 Å². The first-order chi connectivity index (χ1) is 5.25. The third-order valence-electron chi connectivity index (χ3n) is 1.42. The molecule has 1 atom stereocenters. The van der Waals surface area contributed by atoms with Crippen molar-refractivity contribution in [2.45, 2.75) is 6.04 Å². The molecule has 2 N–H and O–H groups in total. The second-order valence-corrected chi connectivity index (χ2v) is 2.57. The molecule has 0 saturated carbocycles. The van der Waals surface area contributed by atoms with Gasteiger partial charge in [-0.15, -0.1) is 6.42 Å². The van der Waals surface area contributed by atoms with Crippen LogP contribution in [0.2, 0.25) is 5.02 Å². The molecule has 1 nitrogen and oxygen atoms in total. The zero-order chi connectivity index (χ0) is 8.27. The molecule has 1 aromatic rings. The first-order valence-corrected chi connectivity index (χ1v) is 3.59. The Balaban J connectivity index is 3.05. The van der Waals surface area contributed by atoms with Gasteiger partial charge in [-0.05, 0) is 11.6 Å². The van der Waals surface area contributed by atoms with E-state index in [2.05, 4.69) is 5.92 Å². The molecule has 0 aliphatic heterocycles. The molecule has 0 radical (unpaired) electrons. The highest BCUT2D eigenvalue weighted by molar-refractivity contribution is 6.31. The zero-order valence-electron chi connectivity index (χ0n) is 5.92. The minimum absolute atomic E-state index is 0.399. The summed E-state index contributed by atoms with van der Waals surface area (Å²) in [6.07, 6.45) is 5.14.